The number of aryl methyl sites for hydroxylation is 1. The number of amides is 1. The van der Waals surface area contributed by atoms with Crippen molar-refractivity contribution >= 4 is 21.7 Å². The molecule has 0 saturated carbocycles. The van der Waals surface area contributed by atoms with Gasteiger partial charge in [0.05, 0.1) is 6.20 Å². The summed E-state index contributed by atoms with van der Waals surface area (Å²) in [6.45, 7) is 8.09. The van der Waals surface area contributed by atoms with Gasteiger partial charge in [0.15, 0.2) is 11.5 Å². The van der Waals surface area contributed by atoms with Crippen molar-refractivity contribution in [3.8, 4) is 23.1 Å². The van der Waals surface area contributed by atoms with Crippen molar-refractivity contribution in [2.75, 3.05) is 51.0 Å². The summed E-state index contributed by atoms with van der Waals surface area (Å²) in [5.41, 5.74) is 3.22. The third-order valence-corrected chi connectivity index (χ3v) is 9.23. The third-order valence-electron chi connectivity index (χ3n) is 8.39. The molecule has 2 saturated heterocycles. The number of nitrogens with zero attached hydrogens (tertiary/aromatic N) is 4. The number of pyridine rings is 1. The van der Waals surface area contributed by atoms with Gasteiger partial charge in [0, 0.05) is 64.0 Å². The number of rotatable bonds is 8. The SMILES string of the molecule is Cc1cc(N2CCC(CC(=O)N3CCN(Cc4ccc5c(c4)OCO5)CC3)CC2)ccc1Oc1ccc(S(=O)(=O)O)cn1. The second-order valence-corrected chi connectivity index (χ2v) is 12.8. The van der Waals surface area contributed by atoms with Crippen molar-refractivity contribution in [3.63, 3.8) is 0 Å². The standard InChI is InChI=1S/C31H36N4O7S/c1-22-16-25(3-6-27(22)42-30-7-4-26(19-32-30)43(37,38)39)34-10-8-23(9-11-34)18-31(36)35-14-12-33(13-15-35)20-24-2-5-28-29(17-24)41-21-40-28/h2-7,16-17,19,23H,8-15,18,20-21H2,1H3,(H,37,38,39). The van der Waals surface area contributed by atoms with E-state index < -0.39 is 10.1 Å². The van der Waals surface area contributed by atoms with Crippen LogP contribution < -0.4 is 19.1 Å². The highest BCUT2D eigenvalue weighted by molar-refractivity contribution is 7.85. The van der Waals surface area contributed by atoms with E-state index >= 15 is 0 Å². The largest absolute Gasteiger partial charge is 0.454 e. The molecule has 0 atom stereocenters. The predicted molar refractivity (Wildman–Crippen MR) is 159 cm³/mol. The van der Waals surface area contributed by atoms with Crippen molar-refractivity contribution in [3.05, 3.63) is 65.9 Å². The number of anilines is 1. The topological polar surface area (TPSA) is 122 Å². The van der Waals surface area contributed by atoms with Crippen molar-refractivity contribution in [2.45, 2.75) is 37.6 Å². The summed E-state index contributed by atoms with van der Waals surface area (Å²) in [5.74, 6) is 3.10. The second-order valence-electron chi connectivity index (χ2n) is 11.3. The van der Waals surface area contributed by atoms with E-state index in [9.17, 15) is 13.2 Å². The maximum Gasteiger partial charge on any atom is 0.296 e. The minimum atomic E-state index is -4.30. The summed E-state index contributed by atoms with van der Waals surface area (Å²) in [5, 5.41) is 0. The highest BCUT2D eigenvalue weighted by Gasteiger charge is 2.27. The van der Waals surface area contributed by atoms with Crippen LogP contribution in [-0.2, 0) is 21.5 Å². The Balaban J connectivity index is 0.943. The van der Waals surface area contributed by atoms with Crippen LogP contribution in [0.4, 0.5) is 5.69 Å². The highest BCUT2D eigenvalue weighted by Crippen LogP contribution is 2.33. The van der Waals surface area contributed by atoms with E-state index in [1.165, 1.54) is 17.7 Å². The number of piperazine rings is 1. The van der Waals surface area contributed by atoms with E-state index in [4.69, 9.17) is 18.8 Å². The first-order chi connectivity index (χ1) is 20.7. The van der Waals surface area contributed by atoms with Crippen LogP contribution >= 0.6 is 0 Å². The molecule has 2 aromatic carbocycles. The van der Waals surface area contributed by atoms with Gasteiger partial charge in [-0.15, -0.1) is 0 Å². The lowest BCUT2D eigenvalue weighted by Gasteiger charge is -2.37. The minimum Gasteiger partial charge on any atom is -0.454 e. The fourth-order valence-corrected chi connectivity index (χ4v) is 6.29. The van der Waals surface area contributed by atoms with Gasteiger partial charge in [-0.05, 0) is 73.2 Å². The Labute approximate surface area is 251 Å². The summed E-state index contributed by atoms with van der Waals surface area (Å²) in [6, 6.07) is 14.7. The Kier molecular flexibility index (Phi) is 8.42. The van der Waals surface area contributed by atoms with Crippen molar-refractivity contribution < 1.29 is 32.0 Å². The molecule has 3 aromatic rings. The Morgan fingerprint density at radius 2 is 1.74 bits per heavy atom. The number of benzene rings is 2. The molecule has 0 bridgehead atoms. The van der Waals surface area contributed by atoms with Crippen LogP contribution in [0.3, 0.4) is 0 Å². The molecule has 228 valence electrons. The van der Waals surface area contributed by atoms with E-state index in [1.807, 2.05) is 36.1 Å². The average molecular weight is 609 g/mol. The lowest BCUT2D eigenvalue weighted by molar-refractivity contribution is -0.134. The molecule has 11 nitrogen and oxygen atoms in total. The Morgan fingerprint density at radius 1 is 0.977 bits per heavy atom. The normalized spacial score (nSPS) is 17.7. The first-order valence-electron chi connectivity index (χ1n) is 14.6. The number of fused-ring (bicyclic) bond motifs is 1. The number of hydrogen-bond donors (Lipinski definition) is 1. The molecular formula is C31H36N4O7S. The molecule has 1 N–H and O–H groups in total. The molecule has 3 aliphatic rings. The van der Waals surface area contributed by atoms with Gasteiger partial charge in [-0.25, -0.2) is 4.98 Å². The first kappa shape index (κ1) is 29.2. The van der Waals surface area contributed by atoms with Gasteiger partial charge in [0.2, 0.25) is 18.6 Å². The number of carbonyl (C=O) groups excluding carboxylic acids is 1. The molecule has 2 fully saturated rings. The molecule has 0 radical (unpaired) electrons. The number of ether oxygens (including phenoxy) is 3. The quantitative estimate of drug-likeness (QED) is 0.374. The maximum atomic E-state index is 13.1. The van der Waals surface area contributed by atoms with Crippen LogP contribution in [0, 0.1) is 12.8 Å². The van der Waals surface area contributed by atoms with Gasteiger partial charge in [-0.2, -0.15) is 8.42 Å². The molecule has 4 heterocycles. The van der Waals surface area contributed by atoms with Crippen molar-refractivity contribution in [1.82, 2.24) is 14.8 Å². The van der Waals surface area contributed by atoms with Crippen LogP contribution in [0.15, 0.2) is 59.6 Å². The Bertz CT molecular complexity index is 1570. The zero-order chi connectivity index (χ0) is 30.0. The molecule has 1 amide bonds. The van der Waals surface area contributed by atoms with Gasteiger partial charge in [0.1, 0.15) is 10.6 Å². The zero-order valence-electron chi connectivity index (χ0n) is 24.1. The monoisotopic (exact) mass is 608 g/mol. The van der Waals surface area contributed by atoms with E-state index in [1.54, 1.807) is 0 Å². The van der Waals surface area contributed by atoms with Crippen molar-refractivity contribution in [2.24, 2.45) is 5.92 Å². The van der Waals surface area contributed by atoms with Crippen LogP contribution in [0.2, 0.25) is 0 Å². The molecule has 12 heteroatoms. The lowest BCUT2D eigenvalue weighted by atomic mass is 9.92. The Hall–Kier alpha value is -3.87. The van der Waals surface area contributed by atoms with Crippen LogP contribution in [0.25, 0.3) is 0 Å². The second kappa shape index (κ2) is 12.4. The van der Waals surface area contributed by atoms with Crippen molar-refractivity contribution in [1.29, 1.82) is 0 Å². The smallest absolute Gasteiger partial charge is 0.296 e. The van der Waals surface area contributed by atoms with E-state index in [2.05, 4.69) is 26.9 Å². The molecule has 0 aliphatic carbocycles. The maximum absolute atomic E-state index is 13.1. The van der Waals surface area contributed by atoms with E-state index in [-0.39, 0.29) is 23.5 Å². The predicted octanol–water partition coefficient (Wildman–Crippen LogP) is 4.11. The van der Waals surface area contributed by atoms with E-state index in [0.29, 0.717) is 18.1 Å². The number of carbonyl (C=O) groups is 1. The van der Waals surface area contributed by atoms with Gasteiger partial charge >= 0.3 is 0 Å². The summed E-state index contributed by atoms with van der Waals surface area (Å²) < 4.78 is 48.3. The summed E-state index contributed by atoms with van der Waals surface area (Å²) in [6.07, 6.45) is 3.60. The number of aromatic nitrogens is 1. The number of piperidine rings is 1. The summed E-state index contributed by atoms with van der Waals surface area (Å²) in [4.78, 5) is 23.6. The molecular weight excluding hydrogens is 572 g/mol. The zero-order valence-corrected chi connectivity index (χ0v) is 25.0. The fourth-order valence-electron chi connectivity index (χ4n) is 5.86. The van der Waals surface area contributed by atoms with Gasteiger partial charge < -0.3 is 24.0 Å². The highest BCUT2D eigenvalue weighted by atomic mass is 32.2. The summed E-state index contributed by atoms with van der Waals surface area (Å²) >= 11 is 0. The summed E-state index contributed by atoms with van der Waals surface area (Å²) in [7, 11) is -4.30. The fraction of sp³-hybridized carbons (Fsp3) is 0.419. The molecule has 43 heavy (non-hydrogen) atoms. The lowest BCUT2D eigenvalue weighted by Crippen LogP contribution is -2.48. The molecule has 0 spiro atoms. The minimum absolute atomic E-state index is 0.236. The van der Waals surface area contributed by atoms with Crippen LogP contribution in [-0.4, -0.2) is 79.7 Å². The number of hydrogen-bond acceptors (Lipinski definition) is 9. The Morgan fingerprint density at radius 3 is 2.44 bits per heavy atom. The molecule has 6 rings (SSSR count). The van der Waals surface area contributed by atoms with Gasteiger partial charge in [-0.3, -0.25) is 14.2 Å². The van der Waals surface area contributed by atoms with Crippen LogP contribution in [0.5, 0.6) is 23.1 Å². The average Bonchev–Trinajstić information content (AvgIpc) is 3.47. The molecule has 3 aliphatic heterocycles. The third kappa shape index (κ3) is 7.03. The van der Waals surface area contributed by atoms with E-state index in [0.717, 1.165) is 87.6 Å². The van der Waals surface area contributed by atoms with Gasteiger partial charge in [0.25, 0.3) is 10.1 Å². The molecule has 0 unspecified atom stereocenters. The molecule has 1 aromatic heterocycles. The van der Waals surface area contributed by atoms with Gasteiger partial charge in [-0.1, -0.05) is 6.07 Å². The first-order valence-corrected chi connectivity index (χ1v) is 16.0. The van der Waals surface area contributed by atoms with Crippen LogP contribution in [0.1, 0.15) is 30.4 Å².